The summed E-state index contributed by atoms with van der Waals surface area (Å²) < 4.78 is 37.9. The van der Waals surface area contributed by atoms with Gasteiger partial charge >= 0.3 is 6.18 Å². The maximum absolute atomic E-state index is 12.6. The fourth-order valence-corrected chi connectivity index (χ4v) is 4.99. The van der Waals surface area contributed by atoms with E-state index in [-0.39, 0.29) is 18.4 Å². The Labute approximate surface area is 184 Å². The minimum Gasteiger partial charge on any atom is -0.389 e. The van der Waals surface area contributed by atoms with Crippen LogP contribution in [0.1, 0.15) is 21.8 Å². The summed E-state index contributed by atoms with van der Waals surface area (Å²) in [7, 11) is 0. The van der Waals surface area contributed by atoms with E-state index in [0.29, 0.717) is 35.5 Å². The molecule has 0 radical (unpaired) electrons. The van der Waals surface area contributed by atoms with Crippen LogP contribution in [0.25, 0.3) is 10.6 Å². The highest BCUT2D eigenvalue weighted by Crippen LogP contribution is 2.33. The van der Waals surface area contributed by atoms with E-state index in [2.05, 4.69) is 15.3 Å². The number of aliphatic hydroxyl groups excluding tert-OH is 1. The van der Waals surface area contributed by atoms with Crippen molar-refractivity contribution in [3.63, 3.8) is 0 Å². The molecular weight excluding hydrogens is 449 g/mol. The van der Waals surface area contributed by atoms with Crippen molar-refractivity contribution in [1.82, 2.24) is 14.9 Å². The van der Waals surface area contributed by atoms with Crippen molar-refractivity contribution in [2.75, 3.05) is 18.4 Å². The molecular formula is C20H19F3N4O2S2. The zero-order chi connectivity index (χ0) is 22.2. The number of likely N-dealkylation sites (tertiary alicyclic amines) is 1. The number of hydrogen-bond donors (Lipinski definition) is 2. The summed E-state index contributed by atoms with van der Waals surface area (Å²) in [6, 6.07) is 5.09. The molecule has 0 unspecified atom stereocenters. The molecule has 11 heteroatoms. The van der Waals surface area contributed by atoms with Gasteiger partial charge in [0.15, 0.2) is 5.13 Å². The van der Waals surface area contributed by atoms with Crippen molar-refractivity contribution in [1.29, 1.82) is 0 Å². The summed E-state index contributed by atoms with van der Waals surface area (Å²) in [6.45, 7) is 3.31. The molecule has 6 nitrogen and oxygen atoms in total. The van der Waals surface area contributed by atoms with Crippen LogP contribution in [-0.4, -0.2) is 39.0 Å². The lowest BCUT2D eigenvalue weighted by Crippen LogP contribution is -2.51. The second-order valence-corrected chi connectivity index (χ2v) is 9.23. The number of aryl methyl sites for hydroxylation is 1. The van der Waals surface area contributed by atoms with Crippen LogP contribution in [0.5, 0.6) is 0 Å². The summed E-state index contributed by atoms with van der Waals surface area (Å²) in [4.78, 5) is 24.1. The molecule has 1 aliphatic rings. The van der Waals surface area contributed by atoms with E-state index in [1.165, 1.54) is 34.8 Å². The van der Waals surface area contributed by atoms with E-state index in [1.54, 1.807) is 0 Å². The van der Waals surface area contributed by atoms with E-state index < -0.39 is 11.7 Å². The molecule has 2 N–H and O–H groups in total. The maximum atomic E-state index is 12.6. The van der Waals surface area contributed by atoms with Gasteiger partial charge in [0.1, 0.15) is 5.01 Å². The molecule has 0 bridgehead atoms. The largest absolute Gasteiger partial charge is 0.416 e. The second kappa shape index (κ2) is 8.65. The molecule has 164 valence electrons. The average Bonchev–Trinajstić information content (AvgIpc) is 3.29. The molecule has 3 heterocycles. The number of carbonyl (C=O) groups is 1. The number of anilines is 1. The topological polar surface area (TPSA) is 78.4 Å². The Kier molecular flexibility index (Phi) is 6.11. The van der Waals surface area contributed by atoms with E-state index in [9.17, 15) is 23.1 Å². The highest BCUT2D eigenvalue weighted by molar-refractivity contribution is 7.17. The number of alkyl halides is 3. The van der Waals surface area contributed by atoms with Crippen LogP contribution in [-0.2, 0) is 24.1 Å². The molecule has 1 aromatic carbocycles. The summed E-state index contributed by atoms with van der Waals surface area (Å²) in [5, 5.41) is 15.0. The van der Waals surface area contributed by atoms with Gasteiger partial charge in [-0.15, -0.1) is 22.7 Å². The SMILES string of the molecule is Cc1nc(CO)sc1-c1csc(NC(=O)C2CN(Cc3ccc(C(F)(F)F)cc3)C2)n1. The van der Waals surface area contributed by atoms with Crippen LogP contribution in [0.4, 0.5) is 18.3 Å². The Hall–Kier alpha value is -2.34. The van der Waals surface area contributed by atoms with Crippen molar-refractivity contribution in [2.45, 2.75) is 26.3 Å². The summed E-state index contributed by atoms with van der Waals surface area (Å²) in [6.07, 6.45) is -4.34. The number of aliphatic hydroxyl groups is 1. The van der Waals surface area contributed by atoms with Crippen molar-refractivity contribution in [3.05, 3.63) is 51.5 Å². The number of hydrogen-bond acceptors (Lipinski definition) is 7. The van der Waals surface area contributed by atoms with E-state index in [0.717, 1.165) is 28.3 Å². The van der Waals surface area contributed by atoms with E-state index >= 15 is 0 Å². The highest BCUT2D eigenvalue weighted by Gasteiger charge is 2.33. The number of aromatic nitrogens is 2. The first kappa shape index (κ1) is 21.9. The van der Waals surface area contributed by atoms with Gasteiger partial charge in [0.05, 0.1) is 34.4 Å². The van der Waals surface area contributed by atoms with Crippen LogP contribution in [0.3, 0.4) is 0 Å². The van der Waals surface area contributed by atoms with Crippen LogP contribution in [0, 0.1) is 12.8 Å². The Morgan fingerprint density at radius 3 is 2.58 bits per heavy atom. The monoisotopic (exact) mass is 468 g/mol. The molecule has 1 amide bonds. The minimum absolute atomic E-state index is 0.121. The lowest BCUT2D eigenvalue weighted by Gasteiger charge is -2.38. The summed E-state index contributed by atoms with van der Waals surface area (Å²) in [5.41, 5.74) is 1.61. The predicted molar refractivity (Wildman–Crippen MR) is 113 cm³/mol. The first-order chi connectivity index (χ1) is 14.7. The molecule has 1 fully saturated rings. The molecule has 1 saturated heterocycles. The van der Waals surface area contributed by atoms with Crippen LogP contribution in [0.15, 0.2) is 29.6 Å². The van der Waals surface area contributed by atoms with Gasteiger partial charge in [-0.1, -0.05) is 12.1 Å². The average molecular weight is 469 g/mol. The second-order valence-electron chi connectivity index (χ2n) is 7.29. The van der Waals surface area contributed by atoms with E-state index in [1.807, 2.05) is 17.2 Å². The summed E-state index contributed by atoms with van der Waals surface area (Å²) in [5.74, 6) is -0.311. The van der Waals surface area contributed by atoms with Gasteiger partial charge in [0.25, 0.3) is 0 Å². The third-order valence-corrected chi connectivity index (χ3v) is 6.88. The molecule has 1 aliphatic heterocycles. The molecule has 31 heavy (non-hydrogen) atoms. The predicted octanol–water partition coefficient (Wildman–Crippen LogP) is 4.16. The highest BCUT2D eigenvalue weighted by atomic mass is 32.1. The molecule has 0 saturated carbocycles. The Bertz CT molecular complexity index is 1070. The van der Waals surface area contributed by atoms with Gasteiger partial charge in [-0.05, 0) is 24.6 Å². The number of halogens is 3. The van der Waals surface area contributed by atoms with Crippen molar-refractivity contribution < 1.29 is 23.1 Å². The van der Waals surface area contributed by atoms with Gasteiger partial charge < -0.3 is 10.4 Å². The standard InChI is InChI=1S/C20H19F3N4O2S2/c1-11-17(31-16(9-28)24-11)15-10-30-19(25-15)26-18(29)13-7-27(8-13)6-12-2-4-14(5-3-12)20(21,22)23/h2-5,10,13,28H,6-9H2,1H3,(H,25,26,29). The number of carbonyl (C=O) groups excluding carboxylic acids is 1. The van der Waals surface area contributed by atoms with E-state index in [4.69, 9.17) is 0 Å². The molecule has 0 atom stereocenters. The van der Waals surface area contributed by atoms with Crippen LogP contribution in [0.2, 0.25) is 0 Å². The van der Waals surface area contributed by atoms with Crippen LogP contribution < -0.4 is 5.32 Å². The molecule has 0 spiro atoms. The summed E-state index contributed by atoms with van der Waals surface area (Å²) >= 11 is 2.70. The molecule has 4 rings (SSSR count). The quantitative estimate of drug-likeness (QED) is 0.568. The number of rotatable bonds is 6. The van der Waals surface area contributed by atoms with Gasteiger partial charge in [-0.25, -0.2) is 9.97 Å². The first-order valence-electron chi connectivity index (χ1n) is 9.45. The van der Waals surface area contributed by atoms with Gasteiger partial charge in [-0.2, -0.15) is 13.2 Å². The zero-order valence-electron chi connectivity index (χ0n) is 16.4. The number of amides is 1. The Morgan fingerprint density at radius 1 is 1.26 bits per heavy atom. The molecule has 3 aromatic rings. The van der Waals surface area contributed by atoms with Crippen molar-refractivity contribution in [2.24, 2.45) is 5.92 Å². The van der Waals surface area contributed by atoms with Crippen molar-refractivity contribution in [3.8, 4) is 10.6 Å². The third-order valence-electron chi connectivity index (χ3n) is 4.96. The Balaban J connectivity index is 1.28. The zero-order valence-corrected chi connectivity index (χ0v) is 18.1. The molecule has 2 aromatic heterocycles. The first-order valence-corrected chi connectivity index (χ1v) is 11.1. The fourth-order valence-electron chi connectivity index (χ4n) is 3.32. The molecule has 0 aliphatic carbocycles. The smallest absolute Gasteiger partial charge is 0.389 e. The minimum atomic E-state index is -4.34. The number of nitrogens with one attached hydrogen (secondary N) is 1. The van der Waals surface area contributed by atoms with Crippen molar-refractivity contribution >= 4 is 33.7 Å². The maximum Gasteiger partial charge on any atom is 0.416 e. The van der Waals surface area contributed by atoms with Gasteiger partial charge in [0.2, 0.25) is 5.91 Å². The number of thiazole rings is 2. The lowest BCUT2D eigenvalue weighted by atomic mass is 9.98. The number of nitrogens with zero attached hydrogens (tertiary/aromatic N) is 3. The van der Waals surface area contributed by atoms with Crippen LogP contribution >= 0.6 is 22.7 Å². The fraction of sp³-hybridized carbons (Fsp3) is 0.350. The van der Waals surface area contributed by atoms with Gasteiger partial charge in [-0.3, -0.25) is 9.69 Å². The Morgan fingerprint density at radius 2 is 1.97 bits per heavy atom. The number of benzene rings is 1. The third kappa shape index (κ3) is 4.95. The van der Waals surface area contributed by atoms with Gasteiger partial charge in [0, 0.05) is 25.0 Å². The lowest BCUT2D eigenvalue weighted by molar-refractivity contribution is -0.137. The normalized spacial score (nSPS) is 15.1.